The molecule has 0 aromatic carbocycles. The fourth-order valence-electron chi connectivity index (χ4n) is 0. The van der Waals surface area contributed by atoms with E-state index in [2.05, 4.69) is 0 Å². The second-order valence-electron chi connectivity index (χ2n) is 0.816. The summed E-state index contributed by atoms with van der Waals surface area (Å²) in [4.78, 5) is 0. The van der Waals surface area contributed by atoms with Gasteiger partial charge in [-0.3, -0.25) is 0 Å². The number of hydrogen-bond donors (Lipinski definition) is 1. The Kier molecular flexibility index (Phi) is 9.45. The van der Waals surface area contributed by atoms with Crippen molar-refractivity contribution in [2.45, 2.75) is 0 Å². The SMILES string of the molecule is [NH4+].[O]=[Mo](=[O])([O-])[O-].[O]=[Mo](=[O])([O-])[O-]. The maximum absolute atomic E-state index is 8.63. The third kappa shape index (κ3) is 5130. The molecule has 0 atom stereocenters. The zero-order chi connectivity index (χ0) is 9.00. The van der Waals surface area contributed by atoms with Crippen molar-refractivity contribution in [2.75, 3.05) is 0 Å². The molecule has 0 aromatic rings. The molecule has 0 aliphatic rings. The van der Waals surface area contributed by atoms with Crippen LogP contribution in [0.5, 0.6) is 0 Å². The number of rotatable bonds is 0. The van der Waals surface area contributed by atoms with Crippen molar-refractivity contribution in [3.05, 3.63) is 0 Å². The van der Waals surface area contributed by atoms with Gasteiger partial charge in [-0.1, -0.05) is 0 Å². The Hall–Kier alpha value is 0.377. The molecule has 11 heteroatoms. The van der Waals surface area contributed by atoms with Crippen molar-refractivity contribution in [2.24, 2.45) is 0 Å². The maximum atomic E-state index is 8.63. The van der Waals surface area contributed by atoms with Crippen molar-refractivity contribution in [3.8, 4) is 0 Å². The average molecular weight is 338 g/mol. The van der Waals surface area contributed by atoms with Gasteiger partial charge in [0.2, 0.25) is 0 Å². The minimum atomic E-state index is -6.02. The van der Waals surface area contributed by atoms with Crippen LogP contribution in [0.2, 0.25) is 0 Å². The molecular weight excluding hydrogens is 334 g/mol. The van der Waals surface area contributed by atoms with Gasteiger partial charge in [0.25, 0.3) is 0 Å². The van der Waals surface area contributed by atoms with Gasteiger partial charge in [-0.2, -0.15) is 0 Å². The molecule has 0 saturated heterocycles. The predicted molar refractivity (Wildman–Crippen MR) is 8.73 cm³/mol. The molecule has 0 aromatic heterocycles. The molecule has 4 N–H and O–H groups in total. The van der Waals surface area contributed by atoms with E-state index in [1.807, 2.05) is 0 Å². The van der Waals surface area contributed by atoms with E-state index in [9.17, 15) is 0 Å². The quantitative estimate of drug-likeness (QED) is 0.424. The van der Waals surface area contributed by atoms with E-state index >= 15 is 0 Å². The van der Waals surface area contributed by atoms with Crippen molar-refractivity contribution in [3.63, 3.8) is 0 Å². The Morgan fingerprint density at radius 1 is 0.636 bits per heavy atom. The molecule has 11 heavy (non-hydrogen) atoms. The van der Waals surface area contributed by atoms with Gasteiger partial charge in [-0.15, -0.1) is 0 Å². The van der Waals surface area contributed by atoms with Crippen LogP contribution in [0.15, 0.2) is 0 Å². The molecule has 0 radical (unpaired) electrons. The number of hydrogen-bond acceptors (Lipinski definition) is 8. The first kappa shape index (κ1) is 17.5. The van der Waals surface area contributed by atoms with Crippen molar-refractivity contribution in [1.29, 1.82) is 0 Å². The Bertz CT molecular complexity index is 208. The van der Waals surface area contributed by atoms with E-state index in [1.165, 1.54) is 0 Å². The molecule has 0 unspecified atom stereocenters. The molecule has 0 spiro atoms. The fourth-order valence-corrected chi connectivity index (χ4v) is 0. The topological polar surface area (TPSA) is 197 Å². The summed E-state index contributed by atoms with van der Waals surface area (Å²) in [5.74, 6) is 0. The van der Waals surface area contributed by atoms with E-state index in [4.69, 9.17) is 28.6 Å². The van der Waals surface area contributed by atoms with Gasteiger partial charge in [-0.25, -0.2) is 0 Å². The summed E-state index contributed by atoms with van der Waals surface area (Å²) < 4.78 is 69.0. The van der Waals surface area contributed by atoms with E-state index in [0.29, 0.717) is 0 Å². The van der Waals surface area contributed by atoms with E-state index in [-0.39, 0.29) is 6.15 Å². The first-order valence-corrected chi connectivity index (χ1v) is 7.89. The average Bonchev–Trinajstić information content (AvgIpc) is 1.12. The van der Waals surface area contributed by atoms with Crippen LogP contribution >= 0.6 is 0 Å². The second-order valence-corrected chi connectivity index (χ2v) is 4.83. The number of quaternary nitrogens is 1. The van der Waals surface area contributed by atoms with Crippen molar-refractivity contribution >= 4 is 0 Å². The molecule has 0 amide bonds. The van der Waals surface area contributed by atoms with Crippen LogP contribution in [-0.2, 0) is 47.1 Å². The molecule has 0 bridgehead atoms. The molecule has 72 valence electrons. The molecule has 0 aliphatic heterocycles. The van der Waals surface area contributed by atoms with Crippen LogP contribution in [0, 0.1) is 0 Å². The van der Waals surface area contributed by atoms with Crippen molar-refractivity contribution < 1.29 is 62.1 Å². The second kappa shape index (κ2) is 5.96. The normalized spacial score (nSPS) is 10.5. The first-order chi connectivity index (χ1) is 4.00. The van der Waals surface area contributed by atoms with E-state index in [0.717, 1.165) is 0 Å². The van der Waals surface area contributed by atoms with Gasteiger partial charge in [-0.05, 0) is 0 Å². The Balaban J connectivity index is -0.000000107. The van der Waals surface area contributed by atoms with Crippen LogP contribution < -0.4 is 21.2 Å². The zero-order valence-corrected chi connectivity index (χ0v) is 9.10. The molecule has 0 heterocycles. The summed E-state index contributed by atoms with van der Waals surface area (Å²) in [5.41, 5.74) is 0. The molecule has 0 fully saturated rings. The standard InChI is InChI=1S/2Mo.H3N.8O/h;;1H3;;;;;;;;/q;;;;;;;4*-1/p+1. The minimum absolute atomic E-state index is 0. The summed E-state index contributed by atoms with van der Waals surface area (Å²) >= 11 is -12.0. The van der Waals surface area contributed by atoms with E-state index < -0.39 is 33.5 Å². The summed E-state index contributed by atoms with van der Waals surface area (Å²) in [6, 6.07) is 0. The first-order valence-electron chi connectivity index (χ1n) is 1.33. The van der Waals surface area contributed by atoms with E-state index in [1.54, 1.807) is 0 Å². The molecule has 0 saturated carbocycles. The van der Waals surface area contributed by atoms with Crippen LogP contribution in [0.4, 0.5) is 0 Å². The summed E-state index contributed by atoms with van der Waals surface area (Å²) in [6.45, 7) is 0. The van der Waals surface area contributed by atoms with Crippen LogP contribution in [0.1, 0.15) is 0 Å². The predicted octanol–water partition coefficient (Wildman–Crippen LogP) is -4.86. The monoisotopic (exact) mass is 342 g/mol. The molecule has 9 nitrogen and oxygen atoms in total. The molecular formula is H4Mo2NO8-3. The van der Waals surface area contributed by atoms with Gasteiger partial charge >= 0.3 is 62.1 Å². The molecule has 0 aliphatic carbocycles. The van der Waals surface area contributed by atoms with Gasteiger partial charge in [0.1, 0.15) is 0 Å². The van der Waals surface area contributed by atoms with Crippen LogP contribution in [0.3, 0.4) is 0 Å². The van der Waals surface area contributed by atoms with Gasteiger partial charge in [0, 0.05) is 0 Å². The Labute approximate surface area is 68.3 Å². The zero-order valence-electron chi connectivity index (χ0n) is 5.08. The molecule has 0 rings (SSSR count). The summed E-state index contributed by atoms with van der Waals surface area (Å²) in [7, 11) is 0. The summed E-state index contributed by atoms with van der Waals surface area (Å²) in [6.07, 6.45) is 0. The third-order valence-electron chi connectivity index (χ3n) is 0. The van der Waals surface area contributed by atoms with Gasteiger partial charge in [0.15, 0.2) is 0 Å². The Morgan fingerprint density at radius 3 is 0.636 bits per heavy atom. The van der Waals surface area contributed by atoms with Crippen LogP contribution in [-0.4, -0.2) is 0 Å². The Morgan fingerprint density at radius 2 is 0.636 bits per heavy atom. The van der Waals surface area contributed by atoms with Gasteiger partial charge in [0.05, 0.1) is 0 Å². The van der Waals surface area contributed by atoms with Crippen LogP contribution in [0.25, 0.3) is 0 Å². The van der Waals surface area contributed by atoms with Crippen molar-refractivity contribution in [1.82, 2.24) is 6.15 Å². The third-order valence-corrected chi connectivity index (χ3v) is 0. The summed E-state index contributed by atoms with van der Waals surface area (Å²) in [5, 5.41) is 0. The van der Waals surface area contributed by atoms with Gasteiger partial charge < -0.3 is 6.15 Å². The fraction of sp³-hybridized carbons (Fsp3) is 0.